The van der Waals surface area contributed by atoms with Gasteiger partial charge in [-0.15, -0.1) is 0 Å². The van der Waals surface area contributed by atoms with Crippen molar-refractivity contribution in [2.45, 2.75) is 19.0 Å². The molecule has 17 heavy (non-hydrogen) atoms. The fraction of sp³-hybridized carbons (Fsp3) is 0.429. The van der Waals surface area contributed by atoms with Crippen LogP contribution >= 0.6 is 0 Å². The summed E-state index contributed by atoms with van der Waals surface area (Å²) in [6, 6.07) is 7.05. The number of aromatic nitrogens is 1. The summed E-state index contributed by atoms with van der Waals surface area (Å²) in [5, 5.41) is 1.29. The Balaban J connectivity index is 2.15. The molecule has 1 aliphatic rings. The summed E-state index contributed by atoms with van der Waals surface area (Å²) in [6.07, 6.45) is 3.29. The van der Waals surface area contributed by atoms with E-state index in [-0.39, 0.29) is 0 Å². The van der Waals surface area contributed by atoms with E-state index in [1.807, 2.05) is 0 Å². The maximum absolute atomic E-state index is 5.37. The molecule has 1 atom stereocenters. The third-order valence-corrected chi connectivity index (χ3v) is 3.74. The van der Waals surface area contributed by atoms with E-state index in [2.05, 4.69) is 48.0 Å². The van der Waals surface area contributed by atoms with Gasteiger partial charge in [0.15, 0.2) is 0 Å². The molecule has 0 saturated heterocycles. The van der Waals surface area contributed by atoms with Crippen LogP contribution in [0, 0.1) is 0 Å². The molecule has 1 aliphatic heterocycles. The number of methoxy groups -OCH3 is 1. The number of rotatable bonds is 2. The standard InChI is InChI=1S/C14H18N2O/c1-15(2)12-6-11-8-13(17-3)7-10-4-5-16(9-12)14(10)11/h4-5,7-8,12H,6,9H2,1-3H3. The minimum absolute atomic E-state index is 0.574. The van der Waals surface area contributed by atoms with Crippen molar-refractivity contribution in [3.63, 3.8) is 0 Å². The molecule has 0 N–H and O–H groups in total. The van der Waals surface area contributed by atoms with Crippen molar-refractivity contribution in [2.24, 2.45) is 0 Å². The van der Waals surface area contributed by atoms with Gasteiger partial charge in [-0.25, -0.2) is 0 Å². The number of benzene rings is 1. The van der Waals surface area contributed by atoms with Crippen molar-refractivity contribution in [3.05, 3.63) is 30.0 Å². The first-order valence-corrected chi connectivity index (χ1v) is 6.01. The van der Waals surface area contributed by atoms with Gasteiger partial charge in [0.25, 0.3) is 0 Å². The van der Waals surface area contributed by atoms with Crippen LogP contribution in [0.5, 0.6) is 5.75 Å². The summed E-state index contributed by atoms with van der Waals surface area (Å²) >= 11 is 0. The average molecular weight is 230 g/mol. The van der Waals surface area contributed by atoms with E-state index in [1.54, 1.807) is 7.11 Å². The van der Waals surface area contributed by atoms with Gasteiger partial charge in [-0.3, -0.25) is 0 Å². The highest BCUT2D eigenvalue weighted by atomic mass is 16.5. The van der Waals surface area contributed by atoms with Gasteiger partial charge < -0.3 is 14.2 Å². The van der Waals surface area contributed by atoms with Crippen molar-refractivity contribution < 1.29 is 4.74 Å². The first-order chi connectivity index (χ1) is 8.19. The van der Waals surface area contributed by atoms with Crippen LogP contribution in [0.4, 0.5) is 0 Å². The lowest BCUT2D eigenvalue weighted by atomic mass is 9.99. The van der Waals surface area contributed by atoms with E-state index in [0.29, 0.717) is 6.04 Å². The summed E-state index contributed by atoms with van der Waals surface area (Å²) in [5.41, 5.74) is 2.78. The smallest absolute Gasteiger partial charge is 0.119 e. The van der Waals surface area contributed by atoms with Gasteiger partial charge in [-0.2, -0.15) is 0 Å². The van der Waals surface area contributed by atoms with Gasteiger partial charge in [0.2, 0.25) is 0 Å². The fourth-order valence-corrected chi connectivity index (χ4v) is 2.73. The zero-order chi connectivity index (χ0) is 12.0. The first-order valence-electron chi connectivity index (χ1n) is 6.01. The van der Waals surface area contributed by atoms with Crippen LogP contribution in [0.1, 0.15) is 5.56 Å². The fourth-order valence-electron chi connectivity index (χ4n) is 2.73. The molecule has 1 aromatic heterocycles. The summed E-state index contributed by atoms with van der Waals surface area (Å²) in [7, 11) is 6.03. The van der Waals surface area contributed by atoms with Gasteiger partial charge >= 0.3 is 0 Å². The minimum Gasteiger partial charge on any atom is -0.497 e. The van der Waals surface area contributed by atoms with Crippen LogP contribution in [-0.4, -0.2) is 36.7 Å². The molecule has 3 heteroatoms. The number of ether oxygens (including phenoxy) is 1. The molecule has 0 aliphatic carbocycles. The van der Waals surface area contributed by atoms with Gasteiger partial charge in [0, 0.05) is 24.2 Å². The van der Waals surface area contributed by atoms with Crippen molar-refractivity contribution >= 4 is 10.9 Å². The van der Waals surface area contributed by atoms with Gasteiger partial charge in [0.1, 0.15) is 5.75 Å². The molecule has 2 aromatic rings. The second-order valence-corrected chi connectivity index (χ2v) is 5.01. The number of hydrogen-bond donors (Lipinski definition) is 0. The predicted octanol–water partition coefficient (Wildman–Crippen LogP) is 2.14. The number of hydrogen-bond acceptors (Lipinski definition) is 2. The summed E-state index contributed by atoms with van der Waals surface area (Å²) < 4.78 is 7.73. The lowest BCUT2D eigenvalue weighted by molar-refractivity contribution is 0.258. The summed E-state index contributed by atoms with van der Waals surface area (Å²) in [6.45, 7) is 1.08. The Bertz CT molecular complexity index is 557. The average Bonchev–Trinajstić information content (AvgIpc) is 2.73. The SMILES string of the molecule is COc1cc2c3c(ccn3CC(N(C)C)C2)c1. The summed E-state index contributed by atoms with van der Waals surface area (Å²) in [4.78, 5) is 2.30. The molecule has 90 valence electrons. The van der Waals surface area contributed by atoms with Gasteiger partial charge in [0.05, 0.1) is 12.6 Å². The van der Waals surface area contributed by atoms with Gasteiger partial charge in [-0.05, 0) is 44.3 Å². The minimum atomic E-state index is 0.574. The second kappa shape index (κ2) is 3.77. The Labute approximate surface area is 102 Å². The Hall–Kier alpha value is -1.48. The quantitative estimate of drug-likeness (QED) is 0.786. The molecule has 2 heterocycles. The molecule has 1 unspecified atom stereocenters. The van der Waals surface area contributed by atoms with E-state index in [0.717, 1.165) is 18.7 Å². The highest BCUT2D eigenvalue weighted by Gasteiger charge is 2.22. The second-order valence-electron chi connectivity index (χ2n) is 5.01. The van der Waals surface area contributed by atoms with E-state index < -0.39 is 0 Å². The lowest BCUT2D eigenvalue weighted by Crippen LogP contribution is -2.36. The van der Waals surface area contributed by atoms with Crippen LogP contribution in [0.3, 0.4) is 0 Å². The maximum atomic E-state index is 5.37. The first kappa shape index (κ1) is 10.7. The van der Waals surface area contributed by atoms with Crippen LogP contribution in [0.2, 0.25) is 0 Å². The van der Waals surface area contributed by atoms with E-state index in [4.69, 9.17) is 4.74 Å². The molecule has 3 nitrogen and oxygen atoms in total. The Morgan fingerprint density at radius 2 is 2.18 bits per heavy atom. The van der Waals surface area contributed by atoms with E-state index in [9.17, 15) is 0 Å². The van der Waals surface area contributed by atoms with Crippen molar-refractivity contribution in [1.82, 2.24) is 9.47 Å². The van der Waals surface area contributed by atoms with Crippen LogP contribution in [0.25, 0.3) is 10.9 Å². The highest BCUT2D eigenvalue weighted by molar-refractivity contribution is 5.85. The largest absolute Gasteiger partial charge is 0.497 e. The molecule has 1 aromatic carbocycles. The molecule has 0 spiro atoms. The number of nitrogens with zero attached hydrogens (tertiary/aromatic N) is 2. The van der Waals surface area contributed by atoms with Crippen LogP contribution in [0.15, 0.2) is 24.4 Å². The normalized spacial score (nSPS) is 18.9. The monoisotopic (exact) mass is 230 g/mol. The molecule has 3 rings (SSSR count). The lowest BCUT2D eigenvalue weighted by Gasteiger charge is -2.30. The molecule has 0 bridgehead atoms. The van der Waals surface area contributed by atoms with Crippen molar-refractivity contribution in [3.8, 4) is 5.75 Å². The Kier molecular flexibility index (Phi) is 2.37. The molecular weight excluding hydrogens is 212 g/mol. The highest BCUT2D eigenvalue weighted by Crippen LogP contribution is 2.31. The summed E-state index contributed by atoms with van der Waals surface area (Å²) in [5.74, 6) is 0.963. The Morgan fingerprint density at radius 3 is 2.88 bits per heavy atom. The molecular formula is C14H18N2O. The maximum Gasteiger partial charge on any atom is 0.119 e. The van der Waals surface area contributed by atoms with Gasteiger partial charge in [-0.1, -0.05) is 0 Å². The van der Waals surface area contributed by atoms with Crippen LogP contribution < -0.4 is 4.74 Å². The zero-order valence-electron chi connectivity index (χ0n) is 10.6. The molecule has 0 saturated carbocycles. The van der Waals surface area contributed by atoms with Crippen molar-refractivity contribution in [2.75, 3.05) is 21.2 Å². The van der Waals surface area contributed by atoms with E-state index in [1.165, 1.54) is 16.5 Å². The Morgan fingerprint density at radius 1 is 1.35 bits per heavy atom. The predicted molar refractivity (Wildman–Crippen MR) is 69.7 cm³/mol. The molecule has 0 amide bonds. The van der Waals surface area contributed by atoms with E-state index >= 15 is 0 Å². The third kappa shape index (κ3) is 1.62. The van der Waals surface area contributed by atoms with Crippen LogP contribution in [-0.2, 0) is 13.0 Å². The third-order valence-electron chi connectivity index (χ3n) is 3.74. The molecule has 0 radical (unpaired) electrons. The number of likely N-dealkylation sites (N-methyl/N-ethyl adjacent to an activating group) is 1. The molecule has 0 fully saturated rings. The zero-order valence-corrected chi connectivity index (χ0v) is 10.6. The topological polar surface area (TPSA) is 17.4 Å². The van der Waals surface area contributed by atoms with Crippen molar-refractivity contribution in [1.29, 1.82) is 0 Å².